The van der Waals surface area contributed by atoms with Gasteiger partial charge in [0.2, 0.25) is 5.91 Å². The molecule has 3 N–H and O–H groups in total. The molecular formula is C18H23FN4O2. The molecular weight excluding hydrogens is 323 g/mol. The first-order valence-corrected chi connectivity index (χ1v) is 8.42. The molecule has 6 nitrogen and oxygen atoms in total. The largest absolute Gasteiger partial charge is 0.391 e. The van der Waals surface area contributed by atoms with Crippen LogP contribution in [0.15, 0.2) is 24.3 Å². The first-order valence-electron chi connectivity index (χ1n) is 8.42. The van der Waals surface area contributed by atoms with Crippen LogP contribution in [0.25, 0.3) is 5.69 Å². The number of nitrogens with one attached hydrogen (secondary N) is 2. The first-order chi connectivity index (χ1) is 12.0. The Morgan fingerprint density at radius 1 is 1.36 bits per heavy atom. The number of aliphatic hydroxyl groups is 1. The van der Waals surface area contributed by atoms with E-state index in [1.165, 1.54) is 12.1 Å². The number of hydrogen-bond donors (Lipinski definition) is 3. The zero-order valence-electron chi connectivity index (χ0n) is 14.4. The molecule has 1 aliphatic heterocycles. The van der Waals surface area contributed by atoms with Crippen LogP contribution < -0.4 is 10.6 Å². The van der Waals surface area contributed by atoms with Gasteiger partial charge in [-0.25, -0.2) is 9.07 Å². The van der Waals surface area contributed by atoms with Crippen LogP contribution >= 0.6 is 0 Å². The molecule has 2 aromatic rings. The fourth-order valence-electron chi connectivity index (χ4n) is 3.16. The number of carbonyl (C=O) groups excluding carboxylic acids is 1. The summed E-state index contributed by atoms with van der Waals surface area (Å²) >= 11 is 0. The highest BCUT2D eigenvalue weighted by Crippen LogP contribution is 2.19. The standard InChI is InChI=1S/C18H23FN4O2/c1-11-16(7-18(25)21-9-13-8-20-10-17(13)24)12(2)23(22-11)15-5-3-14(19)4-6-15/h3-6,13,17,20,24H,7-10H2,1-2H3,(H,21,25). The molecule has 1 saturated heterocycles. The molecule has 1 aromatic carbocycles. The van der Waals surface area contributed by atoms with Crippen molar-refractivity contribution in [1.82, 2.24) is 20.4 Å². The second-order valence-electron chi connectivity index (χ2n) is 6.50. The number of β-amino-alcohol motifs (C(OH)–C–C–N with tert-alkyl or cyclic N) is 1. The number of benzene rings is 1. The van der Waals surface area contributed by atoms with Crippen LogP contribution in [0.1, 0.15) is 17.0 Å². The van der Waals surface area contributed by atoms with Gasteiger partial charge in [-0.2, -0.15) is 5.10 Å². The lowest BCUT2D eigenvalue weighted by molar-refractivity contribution is -0.120. The summed E-state index contributed by atoms with van der Waals surface area (Å²) in [5.41, 5.74) is 3.27. The highest BCUT2D eigenvalue weighted by atomic mass is 19.1. The van der Waals surface area contributed by atoms with Crippen LogP contribution in [0.4, 0.5) is 4.39 Å². The molecule has 0 radical (unpaired) electrons. The summed E-state index contributed by atoms with van der Waals surface area (Å²) in [7, 11) is 0. The second kappa shape index (κ2) is 7.33. The summed E-state index contributed by atoms with van der Waals surface area (Å²) in [6.45, 7) is 5.50. The molecule has 2 heterocycles. The van der Waals surface area contributed by atoms with Crippen LogP contribution in [0.3, 0.4) is 0 Å². The van der Waals surface area contributed by atoms with E-state index in [9.17, 15) is 14.3 Å². The Hall–Kier alpha value is -2.25. The van der Waals surface area contributed by atoms with E-state index in [1.54, 1.807) is 16.8 Å². The third-order valence-corrected chi connectivity index (χ3v) is 4.72. The quantitative estimate of drug-likeness (QED) is 0.751. The van der Waals surface area contributed by atoms with Crippen LogP contribution in [-0.4, -0.2) is 46.5 Å². The van der Waals surface area contributed by atoms with Gasteiger partial charge in [0.1, 0.15) is 5.82 Å². The molecule has 0 spiro atoms. The Labute approximate surface area is 146 Å². The third-order valence-electron chi connectivity index (χ3n) is 4.72. The smallest absolute Gasteiger partial charge is 0.224 e. The van der Waals surface area contributed by atoms with Gasteiger partial charge < -0.3 is 15.7 Å². The number of halogens is 1. The summed E-state index contributed by atoms with van der Waals surface area (Å²) in [4.78, 5) is 12.3. The minimum absolute atomic E-state index is 0.0492. The van der Waals surface area contributed by atoms with E-state index in [-0.39, 0.29) is 24.1 Å². The predicted molar refractivity (Wildman–Crippen MR) is 92.1 cm³/mol. The molecule has 1 amide bonds. The highest BCUT2D eigenvalue weighted by molar-refractivity contribution is 5.79. The van der Waals surface area contributed by atoms with Crippen LogP contribution in [0, 0.1) is 25.6 Å². The van der Waals surface area contributed by atoms with Gasteiger partial charge in [-0.05, 0) is 38.1 Å². The van der Waals surface area contributed by atoms with Gasteiger partial charge in [0.05, 0.1) is 23.9 Å². The minimum atomic E-state index is -0.412. The van der Waals surface area contributed by atoms with Crippen molar-refractivity contribution in [2.75, 3.05) is 19.6 Å². The van der Waals surface area contributed by atoms with Crippen molar-refractivity contribution in [3.05, 3.63) is 47.0 Å². The molecule has 1 aliphatic rings. The number of amides is 1. The number of aryl methyl sites for hydroxylation is 1. The van der Waals surface area contributed by atoms with E-state index in [1.807, 2.05) is 13.8 Å². The number of rotatable bonds is 5. The van der Waals surface area contributed by atoms with Crippen molar-refractivity contribution < 1.29 is 14.3 Å². The Morgan fingerprint density at radius 3 is 2.72 bits per heavy atom. The molecule has 1 aromatic heterocycles. The van der Waals surface area contributed by atoms with E-state index in [0.29, 0.717) is 19.6 Å². The Kier molecular flexibility index (Phi) is 5.15. The van der Waals surface area contributed by atoms with Gasteiger partial charge in [0, 0.05) is 36.8 Å². The van der Waals surface area contributed by atoms with Gasteiger partial charge in [0.25, 0.3) is 0 Å². The van der Waals surface area contributed by atoms with Crippen LogP contribution in [-0.2, 0) is 11.2 Å². The number of hydrogen-bond acceptors (Lipinski definition) is 4. The lowest BCUT2D eigenvalue weighted by atomic mass is 10.1. The summed E-state index contributed by atoms with van der Waals surface area (Å²) in [5, 5.41) is 20.2. The molecule has 2 atom stereocenters. The lowest BCUT2D eigenvalue weighted by Crippen LogP contribution is -2.35. The fraction of sp³-hybridized carbons (Fsp3) is 0.444. The average molecular weight is 346 g/mol. The van der Waals surface area contributed by atoms with Gasteiger partial charge in [0.15, 0.2) is 0 Å². The monoisotopic (exact) mass is 346 g/mol. The third kappa shape index (κ3) is 3.88. The van der Waals surface area contributed by atoms with Crippen molar-refractivity contribution in [3.8, 4) is 5.69 Å². The highest BCUT2D eigenvalue weighted by Gasteiger charge is 2.25. The number of carbonyl (C=O) groups is 1. The summed E-state index contributed by atoms with van der Waals surface area (Å²) in [6.07, 6.45) is -0.181. The van der Waals surface area contributed by atoms with Crippen molar-refractivity contribution in [1.29, 1.82) is 0 Å². The van der Waals surface area contributed by atoms with E-state index >= 15 is 0 Å². The van der Waals surface area contributed by atoms with Gasteiger partial charge >= 0.3 is 0 Å². The van der Waals surface area contributed by atoms with Crippen molar-refractivity contribution in [3.63, 3.8) is 0 Å². The Bertz CT molecular complexity index is 757. The molecule has 7 heteroatoms. The summed E-state index contributed by atoms with van der Waals surface area (Å²) in [5.74, 6) is -0.342. The zero-order chi connectivity index (χ0) is 18.0. The number of aliphatic hydroxyl groups excluding tert-OH is 1. The minimum Gasteiger partial charge on any atom is -0.391 e. The first kappa shape index (κ1) is 17.6. The van der Waals surface area contributed by atoms with Crippen molar-refractivity contribution >= 4 is 5.91 Å². The molecule has 0 saturated carbocycles. The van der Waals surface area contributed by atoms with Crippen molar-refractivity contribution in [2.45, 2.75) is 26.4 Å². The van der Waals surface area contributed by atoms with E-state index in [2.05, 4.69) is 15.7 Å². The Morgan fingerprint density at radius 2 is 2.08 bits per heavy atom. The second-order valence-corrected chi connectivity index (χ2v) is 6.50. The summed E-state index contributed by atoms with van der Waals surface area (Å²) < 4.78 is 14.8. The number of aromatic nitrogens is 2. The van der Waals surface area contributed by atoms with Gasteiger partial charge in [-0.1, -0.05) is 0 Å². The van der Waals surface area contributed by atoms with E-state index in [0.717, 1.165) is 22.6 Å². The fourth-order valence-corrected chi connectivity index (χ4v) is 3.16. The molecule has 0 aliphatic carbocycles. The van der Waals surface area contributed by atoms with Gasteiger partial charge in [-0.15, -0.1) is 0 Å². The van der Waals surface area contributed by atoms with Crippen LogP contribution in [0.5, 0.6) is 0 Å². The average Bonchev–Trinajstić information content (AvgIpc) is 3.12. The molecule has 1 fully saturated rings. The summed E-state index contributed by atoms with van der Waals surface area (Å²) in [6, 6.07) is 6.10. The SMILES string of the molecule is Cc1nn(-c2ccc(F)cc2)c(C)c1CC(=O)NCC1CNCC1O. The van der Waals surface area contributed by atoms with E-state index < -0.39 is 6.10 Å². The molecule has 25 heavy (non-hydrogen) atoms. The molecule has 2 unspecified atom stereocenters. The van der Waals surface area contributed by atoms with E-state index in [4.69, 9.17) is 0 Å². The Balaban J connectivity index is 1.68. The van der Waals surface area contributed by atoms with Crippen LogP contribution in [0.2, 0.25) is 0 Å². The molecule has 3 rings (SSSR count). The van der Waals surface area contributed by atoms with Gasteiger partial charge in [-0.3, -0.25) is 4.79 Å². The topological polar surface area (TPSA) is 79.2 Å². The zero-order valence-corrected chi connectivity index (χ0v) is 14.4. The maximum Gasteiger partial charge on any atom is 0.224 e. The normalized spacial score (nSPS) is 20.0. The van der Waals surface area contributed by atoms with Crippen molar-refractivity contribution in [2.24, 2.45) is 5.92 Å². The maximum absolute atomic E-state index is 13.1. The lowest BCUT2D eigenvalue weighted by Gasteiger charge is -2.14. The molecule has 134 valence electrons. The number of nitrogens with zero attached hydrogens (tertiary/aromatic N) is 2. The predicted octanol–water partition coefficient (Wildman–Crippen LogP) is 0.867. The molecule has 0 bridgehead atoms. The maximum atomic E-state index is 13.1.